The van der Waals surface area contributed by atoms with Crippen molar-refractivity contribution in [2.45, 2.75) is 26.7 Å². The summed E-state index contributed by atoms with van der Waals surface area (Å²) in [5, 5.41) is 8.63. The number of rotatable bonds is 5. The number of hydrogen-bond acceptors (Lipinski definition) is 3. The molecule has 1 N–H and O–H groups in total. The lowest BCUT2D eigenvalue weighted by atomic mass is 9.97. The molecule has 0 amide bonds. The van der Waals surface area contributed by atoms with Gasteiger partial charge in [0.25, 0.3) is 0 Å². The molecule has 4 nitrogen and oxygen atoms in total. The van der Waals surface area contributed by atoms with Gasteiger partial charge in [0.05, 0.1) is 0 Å². The molecule has 0 fully saturated rings. The summed E-state index contributed by atoms with van der Waals surface area (Å²) in [6, 6.07) is 2.72. The summed E-state index contributed by atoms with van der Waals surface area (Å²) in [6.45, 7) is 3.85. The van der Waals surface area contributed by atoms with Crippen LogP contribution in [0.15, 0.2) is 16.5 Å². The van der Waals surface area contributed by atoms with Gasteiger partial charge in [-0.2, -0.15) is 0 Å². The number of ketones is 1. The van der Waals surface area contributed by atoms with E-state index in [-0.39, 0.29) is 23.2 Å². The molecule has 82 valence electrons. The molecule has 0 radical (unpaired) electrons. The third-order valence-corrected chi connectivity index (χ3v) is 2.42. The first-order chi connectivity index (χ1) is 7.10. The van der Waals surface area contributed by atoms with Crippen molar-refractivity contribution in [2.75, 3.05) is 0 Å². The van der Waals surface area contributed by atoms with Gasteiger partial charge >= 0.3 is 5.97 Å². The van der Waals surface area contributed by atoms with E-state index in [1.165, 1.54) is 12.1 Å². The van der Waals surface area contributed by atoms with Crippen molar-refractivity contribution in [3.63, 3.8) is 0 Å². The van der Waals surface area contributed by atoms with Crippen molar-refractivity contribution in [1.29, 1.82) is 0 Å². The summed E-state index contributed by atoms with van der Waals surface area (Å²) in [5.41, 5.74) is 0. The van der Waals surface area contributed by atoms with Crippen LogP contribution in [-0.2, 0) is 0 Å². The number of carboxylic acids is 1. The Morgan fingerprint density at radius 3 is 2.20 bits per heavy atom. The standard InChI is InChI=1S/C11H14O4/c1-3-7(4-2)10(12)8-5-6-9(15-8)11(13)14/h5-7H,3-4H2,1-2H3,(H,13,14). The maximum atomic E-state index is 11.8. The van der Waals surface area contributed by atoms with E-state index in [0.717, 1.165) is 12.8 Å². The molecule has 0 spiro atoms. The molecular formula is C11H14O4. The van der Waals surface area contributed by atoms with Gasteiger partial charge in [-0.3, -0.25) is 4.79 Å². The Bertz CT molecular complexity index is 360. The van der Waals surface area contributed by atoms with E-state index in [4.69, 9.17) is 9.52 Å². The van der Waals surface area contributed by atoms with E-state index in [1.54, 1.807) is 0 Å². The number of carboxylic acid groups (broad SMARTS) is 1. The number of carbonyl (C=O) groups excluding carboxylic acids is 1. The van der Waals surface area contributed by atoms with Gasteiger partial charge in [0, 0.05) is 5.92 Å². The van der Waals surface area contributed by atoms with Crippen LogP contribution in [0.1, 0.15) is 47.8 Å². The molecule has 0 aromatic carbocycles. The van der Waals surface area contributed by atoms with Gasteiger partial charge in [0.2, 0.25) is 11.5 Å². The Labute approximate surface area is 87.9 Å². The molecular weight excluding hydrogens is 196 g/mol. The summed E-state index contributed by atoms with van der Waals surface area (Å²) in [5.74, 6) is -1.41. The molecule has 1 rings (SSSR count). The lowest BCUT2D eigenvalue weighted by Crippen LogP contribution is -2.12. The molecule has 0 aliphatic heterocycles. The summed E-state index contributed by atoms with van der Waals surface area (Å²) in [7, 11) is 0. The largest absolute Gasteiger partial charge is 0.475 e. The van der Waals surface area contributed by atoms with Crippen LogP contribution in [0.4, 0.5) is 0 Å². The van der Waals surface area contributed by atoms with E-state index in [2.05, 4.69) is 0 Å². The average molecular weight is 210 g/mol. The first-order valence-electron chi connectivity index (χ1n) is 4.97. The van der Waals surface area contributed by atoms with Crippen LogP contribution in [0.5, 0.6) is 0 Å². The molecule has 0 aliphatic rings. The summed E-state index contributed by atoms with van der Waals surface area (Å²) in [4.78, 5) is 22.3. The zero-order chi connectivity index (χ0) is 11.4. The minimum atomic E-state index is -1.15. The fourth-order valence-corrected chi connectivity index (χ4v) is 1.45. The molecule has 0 aliphatic carbocycles. The highest BCUT2D eigenvalue weighted by molar-refractivity contribution is 5.96. The van der Waals surface area contributed by atoms with Gasteiger partial charge in [-0.15, -0.1) is 0 Å². The van der Waals surface area contributed by atoms with Crippen molar-refractivity contribution < 1.29 is 19.1 Å². The highest BCUT2D eigenvalue weighted by atomic mass is 16.4. The molecule has 15 heavy (non-hydrogen) atoms. The van der Waals surface area contributed by atoms with E-state index >= 15 is 0 Å². The Balaban J connectivity index is 2.86. The predicted octanol–water partition coefficient (Wildman–Crippen LogP) is 2.60. The van der Waals surface area contributed by atoms with Gasteiger partial charge in [-0.25, -0.2) is 4.79 Å². The summed E-state index contributed by atoms with van der Waals surface area (Å²) in [6.07, 6.45) is 1.47. The van der Waals surface area contributed by atoms with Crippen molar-refractivity contribution in [3.05, 3.63) is 23.7 Å². The molecule has 0 bridgehead atoms. The van der Waals surface area contributed by atoms with E-state index < -0.39 is 5.97 Å². The Hall–Kier alpha value is -1.58. The van der Waals surface area contributed by atoms with Crippen molar-refractivity contribution in [1.82, 2.24) is 0 Å². The highest BCUT2D eigenvalue weighted by Crippen LogP contribution is 2.17. The molecule has 1 aromatic rings. The Morgan fingerprint density at radius 1 is 1.27 bits per heavy atom. The predicted molar refractivity (Wildman–Crippen MR) is 54.1 cm³/mol. The smallest absolute Gasteiger partial charge is 0.371 e. The lowest BCUT2D eigenvalue weighted by molar-refractivity contribution is 0.0659. The van der Waals surface area contributed by atoms with Crippen LogP contribution >= 0.6 is 0 Å². The van der Waals surface area contributed by atoms with Crippen molar-refractivity contribution in [2.24, 2.45) is 5.92 Å². The van der Waals surface area contributed by atoms with Crippen LogP contribution in [0.25, 0.3) is 0 Å². The molecule has 0 saturated heterocycles. The number of furan rings is 1. The Morgan fingerprint density at radius 2 is 1.80 bits per heavy atom. The topological polar surface area (TPSA) is 67.5 Å². The quantitative estimate of drug-likeness (QED) is 0.758. The number of Topliss-reactive ketones (excluding diaryl/α,β-unsaturated/α-hetero) is 1. The lowest BCUT2D eigenvalue weighted by Gasteiger charge is -2.07. The Kier molecular flexibility index (Phi) is 3.66. The van der Waals surface area contributed by atoms with Gasteiger partial charge in [0.1, 0.15) is 0 Å². The molecule has 0 atom stereocenters. The fraction of sp³-hybridized carbons (Fsp3) is 0.455. The van der Waals surface area contributed by atoms with E-state index in [0.29, 0.717) is 0 Å². The normalized spacial score (nSPS) is 10.6. The second-order valence-corrected chi connectivity index (χ2v) is 3.35. The van der Waals surface area contributed by atoms with Gasteiger partial charge in [-0.1, -0.05) is 13.8 Å². The maximum Gasteiger partial charge on any atom is 0.371 e. The number of hydrogen-bond donors (Lipinski definition) is 1. The van der Waals surface area contributed by atoms with Crippen LogP contribution in [-0.4, -0.2) is 16.9 Å². The van der Waals surface area contributed by atoms with Crippen LogP contribution < -0.4 is 0 Å². The van der Waals surface area contributed by atoms with Crippen LogP contribution in [0.3, 0.4) is 0 Å². The highest BCUT2D eigenvalue weighted by Gasteiger charge is 2.21. The third-order valence-electron chi connectivity index (χ3n) is 2.42. The minimum absolute atomic E-state index is 0.0854. The molecule has 1 heterocycles. The number of aromatic carboxylic acids is 1. The average Bonchev–Trinajstić information content (AvgIpc) is 2.68. The molecule has 0 unspecified atom stereocenters. The van der Waals surface area contributed by atoms with Crippen LogP contribution in [0.2, 0.25) is 0 Å². The first kappa shape index (κ1) is 11.5. The molecule has 1 aromatic heterocycles. The van der Waals surface area contributed by atoms with E-state index in [9.17, 15) is 9.59 Å². The van der Waals surface area contributed by atoms with E-state index in [1.807, 2.05) is 13.8 Å². The number of carbonyl (C=O) groups is 2. The molecule has 4 heteroatoms. The zero-order valence-electron chi connectivity index (χ0n) is 8.82. The van der Waals surface area contributed by atoms with Gasteiger partial charge < -0.3 is 9.52 Å². The maximum absolute atomic E-state index is 11.8. The van der Waals surface area contributed by atoms with Gasteiger partial charge in [0.15, 0.2) is 5.76 Å². The monoisotopic (exact) mass is 210 g/mol. The summed E-state index contributed by atoms with van der Waals surface area (Å²) < 4.78 is 4.94. The first-order valence-corrected chi connectivity index (χ1v) is 4.97. The van der Waals surface area contributed by atoms with Crippen LogP contribution in [0, 0.1) is 5.92 Å². The summed E-state index contributed by atoms with van der Waals surface area (Å²) >= 11 is 0. The second kappa shape index (κ2) is 4.77. The van der Waals surface area contributed by atoms with Gasteiger partial charge in [-0.05, 0) is 25.0 Å². The SMILES string of the molecule is CCC(CC)C(=O)c1ccc(C(=O)O)o1. The fourth-order valence-electron chi connectivity index (χ4n) is 1.45. The minimum Gasteiger partial charge on any atom is -0.475 e. The molecule has 0 saturated carbocycles. The van der Waals surface area contributed by atoms with Crippen molar-refractivity contribution >= 4 is 11.8 Å². The second-order valence-electron chi connectivity index (χ2n) is 3.35. The van der Waals surface area contributed by atoms with Crippen molar-refractivity contribution in [3.8, 4) is 0 Å². The third kappa shape index (κ3) is 2.46. The zero-order valence-corrected chi connectivity index (χ0v) is 8.82.